The zero-order chi connectivity index (χ0) is 18.8. The van der Waals surface area contributed by atoms with E-state index in [4.69, 9.17) is 4.74 Å². The molecular weight excluding hydrogens is 340 g/mol. The number of para-hydroxylation sites is 2. The van der Waals surface area contributed by atoms with Crippen molar-refractivity contribution in [1.82, 2.24) is 25.1 Å². The zero-order valence-electron chi connectivity index (χ0n) is 15.9. The fraction of sp³-hybridized carbons (Fsp3) is 0.350. The van der Waals surface area contributed by atoms with Crippen molar-refractivity contribution in [1.29, 1.82) is 0 Å². The highest BCUT2D eigenvalue weighted by Gasteiger charge is 2.19. The van der Waals surface area contributed by atoms with E-state index in [9.17, 15) is 0 Å². The molecule has 7 heteroatoms. The molecule has 0 fully saturated rings. The number of hydrogen-bond acceptors (Lipinski definition) is 6. The summed E-state index contributed by atoms with van der Waals surface area (Å²) in [5.74, 6) is 2.51. The lowest BCUT2D eigenvalue weighted by Gasteiger charge is -2.22. The van der Waals surface area contributed by atoms with Crippen molar-refractivity contribution in [3.8, 4) is 11.4 Å². The van der Waals surface area contributed by atoms with Crippen molar-refractivity contribution in [2.24, 2.45) is 0 Å². The van der Waals surface area contributed by atoms with E-state index in [0.717, 1.165) is 53.8 Å². The molecule has 0 amide bonds. The number of fused-ring (bicyclic) bond motifs is 1. The van der Waals surface area contributed by atoms with Gasteiger partial charge in [0, 0.05) is 23.9 Å². The minimum Gasteiger partial charge on any atom is -0.494 e. The molecule has 2 aromatic heterocycles. The van der Waals surface area contributed by atoms with Crippen LogP contribution in [-0.4, -0.2) is 33.4 Å². The number of benzene rings is 1. The summed E-state index contributed by atoms with van der Waals surface area (Å²) in [6, 6.07) is 7.92. The molecule has 1 aliphatic rings. The minimum atomic E-state index is 0.0711. The van der Waals surface area contributed by atoms with E-state index in [1.165, 1.54) is 5.56 Å². The van der Waals surface area contributed by atoms with Crippen LogP contribution in [0.2, 0.25) is 0 Å². The summed E-state index contributed by atoms with van der Waals surface area (Å²) in [4.78, 5) is 9.22. The van der Waals surface area contributed by atoms with E-state index in [1.54, 1.807) is 7.11 Å². The van der Waals surface area contributed by atoms with Gasteiger partial charge in [0.1, 0.15) is 23.1 Å². The van der Waals surface area contributed by atoms with Crippen molar-refractivity contribution in [3.63, 3.8) is 0 Å². The number of nitrogens with zero attached hydrogens (tertiary/aromatic N) is 4. The van der Waals surface area contributed by atoms with E-state index in [0.29, 0.717) is 0 Å². The van der Waals surface area contributed by atoms with Crippen LogP contribution in [0.3, 0.4) is 0 Å². The Balaban J connectivity index is 1.59. The Morgan fingerprint density at radius 2 is 2.11 bits per heavy atom. The second kappa shape index (κ2) is 7.36. The summed E-state index contributed by atoms with van der Waals surface area (Å²) in [7, 11) is 1.67. The topological polar surface area (TPSA) is 76.9 Å². The molecule has 1 atom stereocenters. The summed E-state index contributed by atoms with van der Waals surface area (Å²) < 4.78 is 7.29. The number of aromatic nitrogens is 4. The van der Waals surface area contributed by atoms with Crippen LogP contribution in [0.4, 0.5) is 5.82 Å². The molecule has 0 spiro atoms. The fourth-order valence-electron chi connectivity index (χ4n) is 3.40. The molecule has 0 saturated carbocycles. The first-order chi connectivity index (χ1) is 13.2. The molecule has 3 heterocycles. The highest BCUT2D eigenvalue weighted by atomic mass is 16.5. The third-order valence-electron chi connectivity index (χ3n) is 4.84. The second-order valence-electron chi connectivity index (χ2n) is 6.73. The van der Waals surface area contributed by atoms with Gasteiger partial charge in [0.05, 0.1) is 25.0 Å². The minimum absolute atomic E-state index is 0.0711. The summed E-state index contributed by atoms with van der Waals surface area (Å²) in [5.41, 5.74) is 4.30. The van der Waals surface area contributed by atoms with Crippen molar-refractivity contribution in [3.05, 3.63) is 59.3 Å². The van der Waals surface area contributed by atoms with Gasteiger partial charge in [-0.05, 0) is 38.9 Å². The number of rotatable bonds is 5. The van der Waals surface area contributed by atoms with E-state index >= 15 is 0 Å². The van der Waals surface area contributed by atoms with Crippen molar-refractivity contribution in [2.45, 2.75) is 32.9 Å². The van der Waals surface area contributed by atoms with Gasteiger partial charge >= 0.3 is 0 Å². The first-order valence-electron chi connectivity index (χ1n) is 9.17. The Hall–Kier alpha value is -2.93. The Bertz CT molecular complexity index is 951. The normalized spacial score (nSPS) is 14.5. The smallest absolute Gasteiger partial charge is 0.144 e. The van der Waals surface area contributed by atoms with Crippen molar-refractivity contribution < 1.29 is 4.74 Å². The van der Waals surface area contributed by atoms with Gasteiger partial charge in [0.15, 0.2) is 0 Å². The van der Waals surface area contributed by atoms with Crippen molar-refractivity contribution >= 4 is 5.82 Å². The fourth-order valence-corrected chi connectivity index (χ4v) is 3.40. The molecule has 1 aliphatic heterocycles. The Morgan fingerprint density at radius 3 is 2.96 bits per heavy atom. The lowest BCUT2D eigenvalue weighted by atomic mass is 10.1. The van der Waals surface area contributed by atoms with Crippen LogP contribution >= 0.6 is 0 Å². The van der Waals surface area contributed by atoms with E-state index in [2.05, 4.69) is 32.6 Å². The van der Waals surface area contributed by atoms with Gasteiger partial charge < -0.3 is 15.4 Å². The Labute approximate surface area is 158 Å². The van der Waals surface area contributed by atoms with Crippen LogP contribution in [0.15, 0.2) is 36.7 Å². The number of aryl methyl sites for hydroxylation is 1. The van der Waals surface area contributed by atoms with Crippen LogP contribution in [0, 0.1) is 6.92 Å². The summed E-state index contributed by atoms with van der Waals surface area (Å²) >= 11 is 0. The van der Waals surface area contributed by atoms with Gasteiger partial charge in [-0.25, -0.2) is 14.6 Å². The zero-order valence-corrected chi connectivity index (χ0v) is 15.9. The van der Waals surface area contributed by atoms with E-state index < -0.39 is 0 Å². The first kappa shape index (κ1) is 17.5. The molecule has 3 aromatic rings. The van der Waals surface area contributed by atoms with Crippen LogP contribution in [-0.2, 0) is 13.0 Å². The molecule has 1 aromatic carbocycles. The molecule has 7 nitrogen and oxygen atoms in total. The van der Waals surface area contributed by atoms with Crippen LogP contribution in [0.25, 0.3) is 5.69 Å². The molecule has 27 heavy (non-hydrogen) atoms. The van der Waals surface area contributed by atoms with Gasteiger partial charge in [-0.2, -0.15) is 5.10 Å². The van der Waals surface area contributed by atoms with Gasteiger partial charge in [0.25, 0.3) is 0 Å². The maximum Gasteiger partial charge on any atom is 0.144 e. The lowest BCUT2D eigenvalue weighted by molar-refractivity contribution is 0.411. The standard InChI is InChI=1S/C20H24N6O/c1-13(23-20-16-8-9-21-11-17(16)24-14(2)25-20)15-10-22-26(12-15)18-6-4-5-7-19(18)27-3/h4-7,10,12-13,21H,8-9,11H2,1-3H3,(H,23,24,25)/t13-/m1/s1. The maximum atomic E-state index is 5.44. The van der Waals surface area contributed by atoms with Gasteiger partial charge in [-0.1, -0.05) is 12.1 Å². The molecule has 4 rings (SSSR count). The van der Waals surface area contributed by atoms with Gasteiger partial charge in [-0.3, -0.25) is 0 Å². The highest BCUT2D eigenvalue weighted by molar-refractivity contribution is 5.50. The summed E-state index contributed by atoms with van der Waals surface area (Å²) in [6.07, 6.45) is 4.84. The molecule has 0 unspecified atom stereocenters. The average molecular weight is 364 g/mol. The van der Waals surface area contributed by atoms with E-state index in [1.807, 2.05) is 48.3 Å². The third kappa shape index (κ3) is 3.50. The first-order valence-corrected chi connectivity index (χ1v) is 9.17. The molecular formula is C20H24N6O. The monoisotopic (exact) mass is 364 g/mol. The number of anilines is 1. The van der Waals surface area contributed by atoms with Crippen LogP contribution in [0.1, 0.15) is 35.6 Å². The second-order valence-corrected chi connectivity index (χ2v) is 6.73. The predicted octanol–water partition coefficient (Wildman–Crippen LogP) is 2.80. The van der Waals surface area contributed by atoms with Gasteiger partial charge in [-0.15, -0.1) is 0 Å². The van der Waals surface area contributed by atoms with Gasteiger partial charge in [0.2, 0.25) is 0 Å². The Morgan fingerprint density at radius 1 is 1.26 bits per heavy atom. The number of ether oxygens (including phenoxy) is 1. The Kier molecular flexibility index (Phi) is 4.77. The molecule has 0 bridgehead atoms. The SMILES string of the molecule is COc1ccccc1-n1cc([C@@H](C)Nc2nc(C)nc3c2CCNC3)cn1. The van der Waals surface area contributed by atoms with Crippen molar-refractivity contribution in [2.75, 3.05) is 19.0 Å². The number of methoxy groups -OCH3 is 1. The predicted molar refractivity (Wildman–Crippen MR) is 104 cm³/mol. The molecule has 140 valence electrons. The van der Waals surface area contributed by atoms with Crippen LogP contribution in [0.5, 0.6) is 5.75 Å². The average Bonchev–Trinajstić information content (AvgIpc) is 3.18. The summed E-state index contributed by atoms with van der Waals surface area (Å²) in [5, 5.41) is 11.4. The largest absolute Gasteiger partial charge is 0.494 e. The lowest BCUT2D eigenvalue weighted by Crippen LogP contribution is -2.27. The third-order valence-corrected chi connectivity index (χ3v) is 4.84. The number of nitrogens with one attached hydrogen (secondary N) is 2. The number of hydrogen-bond donors (Lipinski definition) is 2. The highest BCUT2D eigenvalue weighted by Crippen LogP contribution is 2.26. The summed E-state index contributed by atoms with van der Waals surface area (Å²) in [6.45, 7) is 5.81. The molecule has 2 N–H and O–H groups in total. The maximum absolute atomic E-state index is 5.44. The van der Waals surface area contributed by atoms with Crippen LogP contribution < -0.4 is 15.4 Å². The molecule has 0 aliphatic carbocycles. The quantitative estimate of drug-likeness (QED) is 0.725. The molecule has 0 radical (unpaired) electrons. The molecule has 0 saturated heterocycles. The van der Waals surface area contributed by atoms with E-state index in [-0.39, 0.29) is 6.04 Å².